The van der Waals surface area contributed by atoms with Crippen molar-refractivity contribution in [3.05, 3.63) is 30.1 Å². The molecule has 19 heavy (non-hydrogen) atoms. The lowest BCUT2D eigenvalue weighted by Crippen LogP contribution is -2.43. The first-order chi connectivity index (χ1) is 9.24. The Morgan fingerprint density at radius 1 is 1.32 bits per heavy atom. The second kappa shape index (κ2) is 6.52. The molecule has 1 fully saturated rings. The molecule has 1 heterocycles. The van der Waals surface area contributed by atoms with E-state index in [-0.39, 0.29) is 11.8 Å². The number of nitrogens with two attached hydrogens (primary N) is 1. The monoisotopic (exact) mass is 265 g/mol. The fourth-order valence-electron chi connectivity index (χ4n) is 2.32. The Hall–Kier alpha value is -1.62. The molecule has 2 amide bonds. The molecular formula is C14H20FN3O. The maximum atomic E-state index is 13.9. The van der Waals surface area contributed by atoms with E-state index in [9.17, 15) is 9.18 Å². The molecule has 4 nitrogen and oxygen atoms in total. The van der Waals surface area contributed by atoms with Gasteiger partial charge in [-0.15, -0.1) is 0 Å². The molecule has 2 N–H and O–H groups in total. The summed E-state index contributed by atoms with van der Waals surface area (Å²) in [5.41, 5.74) is 5.84. The molecular weight excluding hydrogens is 245 g/mol. The van der Waals surface area contributed by atoms with E-state index in [1.165, 1.54) is 11.0 Å². The minimum absolute atomic E-state index is 0.115. The molecule has 1 aliphatic heterocycles. The Kier molecular flexibility index (Phi) is 4.74. The van der Waals surface area contributed by atoms with Crippen molar-refractivity contribution in [2.24, 2.45) is 5.73 Å². The Balaban J connectivity index is 2.19. The molecule has 1 saturated heterocycles. The summed E-state index contributed by atoms with van der Waals surface area (Å²) >= 11 is 0. The van der Waals surface area contributed by atoms with Crippen LogP contribution >= 0.6 is 0 Å². The number of hydrogen-bond acceptors (Lipinski definition) is 2. The Labute approximate surface area is 113 Å². The summed E-state index contributed by atoms with van der Waals surface area (Å²) in [7, 11) is 0. The van der Waals surface area contributed by atoms with E-state index in [0.717, 1.165) is 25.9 Å². The predicted molar refractivity (Wildman–Crippen MR) is 73.6 cm³/mol. The van der Waals surface area contributed by atoms with Gasteiger partial charge in [0.25, 0.3) is 0 Å². The maximum Gasteiger partial charge on any atom is 0.324 e. The number of likely N-dealkylation sites (tertiary alicyclic amines) is 1. The van der Waals surface area contributed by atoms with E-state index in [4.69, 9.17) is 5.73 Å². The molecule has 0 unspecified atom stereocenters. The van der Waals surface area contributed by atoms with Crippen LogP contribution in [0.25, 0.3) is 0 Å². The van der Waals surface area contributed by atoms with Gasteiger partial charge in [-0.25, -0.2) is 9.18 Å². The summed E-state index contributed by atoms with van der Waals surface area (Å²) in [6, 6.07) is 6.27. The molecule has 0 aliphatic carbocycles. The largest absolute Gasteiger partial charge is 0.330 e. The average molecular weight is 265 g/mol. The van der Waals surface area contributed by atoms with Crippen LogP contribution in [0.3, 0.4) is 0 Å². The van der Waals surface area contributed by atoms with Crippen molar-refractivity contribution in [1.82, 2.24) is 4.90 Å². The lowest BCUT2D eigenvalue weighted by Gasteiger charge is -2.28. The molecule has 0 atom stereocenters. The maximum absolute atomic E-state index is 13.9. The average Bonchev–Trinajstić information content (AvgIpc) is 2.94. The number of nitrogens with zero attached hydrogens (tertiary/aromatic N) is 2. The molecule has 0 bridgehead atoms. The highest BCUT2D eigenvalue weighted by molar-refractivity contribution is 5.92. The van der Waals surface area contributed by atoms with Crippen LogP contribution in [0.2, 0.25) is 0 Å². The third-order valence-electron chi connectivity index (χ3n) is 3.34. The van der Waals surface area contributed by atoms with Crippen LogP contribution in [0.1, 0.15) is 19.3 Å². The number of halogens is 1. The zero-order valence-electron chi connectivity index (χ0n) is 11.0. The fraction of sp³-hybridized carbons (Fsp3) is 0.500. The van der Waals surface area contributed by atoms with E-state index in [1.807, 2.05) is 0 Å². The van der Waals surface area contributed by atoms with Crippen LogP contribution in [0, 0.1) is 5.82 Å². The predicted octanol–water partition coefficient (Wildman–Crippen LogP) is 2.20. The number of amides is 2. The third kappa shape index (κ3) is 3.23. The molecule has 5 heteroatoms. The van der Waals surface area contributed by atoms with Crippen molar-refractivity contribution in [1.29, 1.82) is 0 Å². The second-order valence-corrected chi connectivity index (χ2v) is 4.72. The molecule has 1 aromatic carbocycles. The van der Waals surface area contributed by atoms with Crippen LogP contribution < -0.4 is 10.6 Å². The number of carbonyl (C=O) groups excluding carboxylic acids is 1. The first-order valence-electron chi connectivity index (χ1n) is 6.75. The number of para-hydroxylation sites is 1. The number of urea groups is 1. The van der Waals surface area contributed by atoms with E-state index in [0.29, 0.717) is 25.2 Å². The highest BCUT2D eigenvalue weighted by atomic mass is 19.1. The van der Waals surface area contributed by atoms with Gasteiger partial charge in [0, 0.05) is 19.6 Å². The van der Waals surface area contributed by atoms with Crippen LogP contribution in [-0.4, -0.2) is 37.1 Å². The quantitative estimate of drug-likeness (QED) is 0.907. The SMILES string of the molecule is NCCCN(C(=O)N1CCCC1)c1ccccc1F. The van der Waals surface area contributed by atoms with Gasteiger partial charge in [-0.1, -0.05) is 12.1 Å². The molecule has 2 rings (SSSR count). The smallest absolute Gasteiger partial charge is 0.324 e. The summed E-state index contributed by atoms with van der Waals surface area (Å²) in [6.07, 6.45) is 2.70. The van der Waals surface area contributed by atoms with Crippen LogP contribution in [0.4, 0.5) is 14.9 Å². The molecule has 104 valence electrons. The van der Waals surface area contributed by atoms with Crippen molar-refractivity contribution >= 4 is 11.7 Å². The lowest BCUT2D eigenvalue weighted by molar-refractivity contribution is 0.215. The number of anilines is 1. The fourth-order valence-corrected chi connectivity index (χ4v) is 2.32. The van der Waals surface area contributed by atoms with Gasteiger partial charge in [-0.05, 0) is 37.9 Å². The van der Waals surface area contributed by atoms with Crippen molar-refractivity contribution in [3.63, 3.8) is 0 Å². The summed E-state index contributed by atoms with van der Waals surface area (Å²) in [5, 5.41) is 0. The standard InChI is InChI=1S/C14H20FN3O/c15-12-6-1-2-7-13(12)18(11-5-8-16)14(19)17-9-3-4-10-17/h1-2,6-7H,3-5,8-11,16H2. The highest BCUT2D eigenvalue weighted by Crippen LogP contribution is 2.22. The summed E-state index contributed by atoms with van der Waals surface area (Å²) in [4.78, 5) is 15.7. The lowest BCUT2D eigenvalue weighted by atomic mass is 10.2. The van der Waals surface area contributed by atoms with Gasteiger partial charge in [-0.2, -0.15) is 0 Å². The minimum atomic E-state index is -0.368. The second-order valence-electron chi connectivity index (χ2n) is 4.72. The van der Waals surface area contributed by atoms with Gasteiger partial charge < -0.3 is 10.6 Å². The zero-order valence-corrected chi connectivity index (χ0v) is 11.0. The number of carbonyl (C=O) groups is 1. The Bertz CT molecular complexity index is 432. The topological polar surface area (TPSA) is 49.6 Å². The van der Waals surface area contributed by atoms with Crippen molar-refractivity contribution in [3.8, 4) is 0 Å². The molecule has 1 aromatic rings. The molecule has 0 spiro atoms. The molecule has 0 radical (unpaired) electrons. The molecule has 0 saturated carbocycles. The van der Waals surface area contributed by atoms with Crippen molar-refractivity contribution in [2.75, 3.05) is 31.1 Å². The van der Waals surface area contributed by atoms with Gasteiger partial charge in [-0.3, -0.25) is 4.90 Å². The first kappa shape index (κ1) is 13.8. The highest BCUT2D eigenvalue weighted by Gasteiger charge is 2.25. The van der Waals surface area contributed by atoms with Crippen molar-refractivity contribution in [2.45, 2.75) is 19.3 Å². The minimum Gasteiger partial charge on any atom is -0.330 e. The van der Waals surface area contributed by atoms with Crippen molar-refractivity contribution < 1.29 is 9.18 Å². The van der Waals surface area contributed by atoms with Gasteiger partial charge in [0.15, 0.2) is 0 Å². The normalized spacial score (nSPS) is 14.7. The Morgan fingerprint density at radius 2 is 2.00 bits per heavy atom. The van der Waals surface area contributed by atoms with Crippen LogP contribution in [-0.2, 0) is 0 Å². The number of hydrogen-bond donors (Lipinski definition) is 1. The number of benzene rings is 1. The van der Waals surface area contributed by atoms with Gasteiger partial charge in [0.05, 0.1) is 5.69 Å². The van der Waals surface area contributed by atoms with Crippen LogP contribution in [0.15, 0.2) is 24.3 Å². The van der Waals surface area contributed by atoms with E-state index in [1.54, 1.807) is 23.1 Å². The summed E-state index contributed by atoms with van der Waals surface area (Å²) < 4.78 is 13.9. The number of rotatable bonds is 4. The van der Waals surface area contributed by atoms with Gasteiger partial charge in [0.1, 0.15) is 5.82 Å². The summed E-state index contributed by atoms with van der Waals surface area (Å²) in [5.74, 6) is -0.368. The van der Waals surface area contributed by atoms with E-state index < -0.39 is 0 Å². The first-order valence-corrected chi connectivity index (χ1v) is 6.75. The van der Waals surface area contributed by atoms with E-state index >= 15 is 0 Å². The third-order valence-corrected chi connectivity index (χ3v) is 3.34. The molecule has 0 aromatic heterocycles. The zero-order chi connectivity index (χ0) is 13.7. The van der Waals surface area contributed by atoms with E-state index in [2.05, 4.69) is 0 Å². The van der Waals surface area contributed by atoms with Crippen LogP contribution in [0.5, 0.6) is 0 Å². The summed E-state index contributed by atoms with van der Waals surface area (Å²) in [6.45, 7) is 2.45. The van der Waals surface area contributed by atoms with Gasteiger partial charge in [0.2, 0.25) is 0 Å². The Morgan fingerprint density at radius 3 is 2.63 bits per heavy atom. The molecule has 1 aliphatic rings. The van der Waals surface area contributed by atoms with Gasteiger partial charge >= 0.3 is 6.03 Å².